The van der Waals surface area contributed by atoms with Crippen LogP contribution in [0.3, 0.4) is 0 Å². The smallest absolute Gasteiger partial charge is 0.274 e. The molecule has 2 aromatic rings. The van der Waals surface area contributed by atoms with Gasteiger partial charge in [-0.05, 0) is 50.7 Å². The fourth-order valence-electron chi connectivity index (χ4n) is 4.09. The van der Waals surface area contributed by atoms with Crippen molar-refractivity contribution in [1.82, 2.24) is 14.7 Å². The Morgan fingerprint density at radius 2 is 2.12 bits per heavy atom. The zero-order chi connectivity index (χ0) is 16.7. The van der Waals surface area contributed by atoms with Crippen molar-refractivity contribution >= 4 is 5.91 Å². The van der Waals surface area contributed by atoms with E-state index in [1.54, 1.807) is 0 Å². The summed E-state index contributed by atoms with van der Waals surface area (Å²) in [4.78, 5) is 15.0. The van der Waals surface area contributed by atoms with E-state index in [4.69, 9.17) is 10.8 Å². The summed E-state index contributed by atoms with van der Waals surface area (Å²) in [6.07, 6.45) is 5.07. The van der Waals surface area contributed by atoms with Crippen LogP contribution < -0.4 is 5.73 Å². The third kappa shape index (κ3) is 2.35. The fourth-order valence-corrected chi connectivity index (χ4v) is 4.09. The van der Waals surface area contributed by atoms with Gasteiger partial charge in [0.05, 0.1) is 5.69 Å². The number of benzene rings is 1. The van der Waals surface area contributed by atoms with Gasteiger partial charge in [-0.25, -0.2) is 4.68 Å². The molecule has 1 aliphatic heterocycles. The number of hydrogen-bond acceptors (Lipinski definition) is 3. The molecule has 126 valence electrons. The van der Waals surface area contributed by atoms with Crippen LogP contribution in [0.15, 0.2) is 24.3 Å². The summed E-state index contributed by atoms with van der Waals surface area (Å²) in [5.74, 6) is 0.0634. The first kappa shape index (κ1) is 15.4. The lowest BCUT2D eigenvalue weighted by Gasteiger charge is -2.22. The predicted molar refractivity (Wildman–Crippen MR) is 93.4 cm³/mol. The van der Waals surface area contributed by atoms with Gasteiger partial charge in [0, 0.05) is 30.4 Å². The fraction of sp³-hybridized carbons (Fsp3) is 0.474. The van der Waals surface area contributed by atoms with Crippen LogP contribution in [0.1, 0.15) is 46.6 Å². The van der Waals surface area contributed by atoms with Gasteiger partial charge in [-0.1, -0.05) is 18.2 Å². The standard InChI is InChI=1S/C19H24N4O/c1-13-6-2-3-9-16(13)23-17-10-4-8-15(17)18(21-23)19(24)22-11-5-7-14(22)12-20/h2-3,6,9,14H,4-5,7-8,10-12,20H2,1H3/t14-/m1/s1. The molecule has 5 heteroatoms. The molecule has 0 spiro atoms. The van der Waals surface area contributed by atoms with E-state index in [1.165, 1.54) is 11.3 Å². The molecule has 0 unspecified atom stereocenters. The maximum Gasteiger partial charge on any atom is 0.274 e. The Morgan fingerprint density at radius 1 is 1.29 bits per heavy atom. The van der Waals surface area contributed by atoms with Gasteiger partial charge in [-0.15, -0.1) is 0 Å². The first-order valence-electron chi connectivity index (χ1n) is 8.88. The van der Waals surface area contributed by atoms with Crippen molar-refractivity contribution in [1.29, 1.82) is 0 Å². The van der Waals surface area contributed by atoms with Crippen LogP contribution in [0.5, 0.6) is 0 Å². The van der Waals surface area contributed by atoms with Crippen molar-refractivity contribution in [2.24, 2.45) is 5.73 Å². The number of para-hydroxylation sites is 1. The number of aryl methyl sites for hydroxylation is 1. The molecule has 2 aliphatic rings. The molecular weight excluding hydrogens is 300 g/mol. The first-order chi connectivity index (χ1) is 11.7. The molecule has 4 rings (SSSR count). The minimum absolute atomic E-state index is 0.0634. The van der Waals surface area contributed by atoms with Crippen molar-refractivity contribution in [3.05, 3.63) is 46.8 Å². The van der Waals surface area contributed by atoms with Gasteiger partial charge < -0.3 is 10.6 Å². The number of fused-ring (bicyclic) bond motifs is 1. The second kappa shape index (κ2) is 6.06. The zero-order valence-corrected chi connectivity index (χ0v) is 14.2. The third-order valence-electron chi connectivity index (χ3n) is 5.39. The molecule has 0 saturated carbocycles. The van der Waals surface area contributed by atoms with Gasteiger partial charge in [0.2, 0.25) is 0 Å². The van der Waals surface area contributed by atoms with Gasteiger partial charge >= 0.3 is 0 Å². The second-order valence-electron chi connectivity index (χ2n) is 6.86. The Morgan fingerprint density at radius 3 is 2.92 bits per heavy atom. The number of carbonyl (C=O) groups is 1. The van der Waals surface area contributed by atoms with Crippen LogP contribution >= 0.6 is 0 Å². The lowest BCUT2D eigenvalue weighted by atomic mass is 10.1. The van der Waals surface area contributed by atoms with E-state index in [0.717, 1.165) is 49.9 Å². The van der Waals surface area contributed by atoms with Gasteiger partial charge in [0.25, 0.3) is 5.91 Å². The number of aromatic nitrogens is 2. The van der Waals surface area contributed by atoms with Crippen molar-refractivity contribution < 1.29 is 4.79 Å². The SMILES string of the molecule is Cc1ccccc1-n1nc(C(=O)N2CCC[C@@H]2CN)c2c1CCC2. The summed E-state index contributed by atoms with van der Waals surface area (Å²) in [5.41, 5.74) is 11.1. The van der Waals surface area contributed by atoms with Crippen LogP contribution in [0, 0.1) is 6.92 Å². The molecule has 2 heterocycles. The highest BCUT2D eigenvalue weighted by molar-refractivity contribution is 5.94. The summed E-state index contributed by atoms with van der Waals surface area (Å²) < 4.78 is 2.00. The molecule has 1 fully saturated rings. The van der Waals surface area contributed by atoms with E-state index in [1.807, 2.05) is 21.7 Å². The van der Waals surface area contributed by atoms with Crippen molar-refractivity contribution in [3.63, 3.8) is 0 Å². The van der Waals surface area contributed by atoms with Crippen molar-refractivity contribution in [3.8, 4) is 5.69 Å². The Labute approximate surface area is 142 Å². The summed E-state index contributed by atoms with van der Waals surface area (Å²) in [6, 6.07) is 8.39. The highest BCUT2D eigenvalue weighted by atomic mass is 16.2. The molecule has 24 heavy (non-hydrogen) atoms. The number of carbonyl (C=O) groups excluding carboxylic acids is 1. The molecule has 0 bridgehead atoms. The average molecular weight is 324 g/mol. The minimum atomic E-state index is 0.0634. The molecule has 1 saturated heterocycles. The highest BCUT2D eigenvalue weighted by Crippen LogP contribution is 2.30. The quantitative estimate of drug-likeness (QED) is 0.941. The topological polar surface area (TPSA) is 64.2 Å². The van der Waals surface area contributed by atoms with Crippen LogP contribution in [0.4, 0.5) is 0 Å². The number of hydrogen-bond donors (Lipinski definition) is 1. The van der Waals surface area contributed by atoms with Gasteiger partial charge in [-0.3, -0.25) is 4.79 Å². The number of likely N-dealkylation sites (tertiary alicyclic amines) is 1. The van der Waals surface area contributed by atoms with E-state index in [0.29, 0.717) is 12.2 Å². The van der Waals surface area contributed by atoms with Gasteiger partial charge in [-0.2, -0.15) is 5.10 Å². The summed E-state index contributed by atoms with van der Waals surface area (Å²) in [7, 11) is 0. The van der Waals surface area contributed by atoms with Crippen molar-refractivity contribution in [2.75, 3.05) is 13.1 Å². The largest absolute Gasteiger partial charge is 0.333 e. The molecule has 1 amide bonds. The molecular formula is C19H24N4O. The van der Waals surface area contributed by atoms with E-state index in [-0.39, 0.29) is 11.9 Å². The molecule has 5 nitrogen and oxygen atoms in total. The lowest BCUT2D eigenvalue weighted by Crippen LogP contribution is -2.40. The first-order valence-corrected chi connectivity index (χ1v) is 8.88. The van der Waals surface area contributed by atoms with Crippen LogP contribution in [0.2, 0.25) is 0 Å². The molecule has 1 aromatic heterocycles. The monoisotopic (exact) mass is 324 g/mol. The maximum absolute atomic E-state index is 13.1. The third-order valence-corrected chi connectivity index (χ3v) is 5.39. The highest BCUT2D eigenvalue weighted by Gasteiger charge is 2.34. The van der Waals surface area contributed by atoms with Gasteiger partial charge in [0.15, 0.2) is 5.69 Å². The van der Waals surface area contributed by atoms with Crippen molar-refractivity contribution in [2.45, 2.75) is 45.1 Å². The van der Waals surface area contributed by atoms with Crippen LogP contribution in [-0.2, 0) is 12.8 Å². The summed E-state index contributed by atoms with van der Waals surface area (Å²) >= 11 is 0. The van der Waals surface area contributed by atoms with E-state index in [2.05, 4.69) is 19.1 Å². The number of rotatable bonds is 3. The Balaban J connectivity index is 1.77. The predicted octanol–water partition coefficient (Wildman–Crippen LogP) is 2.23. The van der Waals surface area contributed by atoms with E-state index < -0.39 is 0 Å². The molecule has 0 radical (unpaired) electrons. The average Bonchev–Trinajstić information content (AvgIpc) is 3.30. The summed E-state index contributed by atoms with van der Waals surface area (Å²) in [6.45, 7) is 3.42. The molecule has 1 atom stereocenters. The number of nitrogens with two attached hydrogens (primary N) is 1. The number of nitrogens with zero attached hydrogens (tertiary/aromatic N) is 3. The Bertz CT molecular complexity index is 780. The zero-order valence-electron chi connectivity index (χ0n) is 14.2. The molecule has 1 aromatic carbocycles. The Kier molecular flexibility index (Phi) is 3.88. The van der Waals surface area contributed by atoms with Crippen LogP contribution in [0.25, 0.3) is 5.69 Å². The normalized spacial score (nSPS) is 19.8. The van der Waals surface area contributed by atoms with Gasteiger partial charge in [0.1, 0.15) is 0 Å². The molecule has 2 N–H and O–H groups in total. The summed E-state index contributed by atoms with van der Waals surface area (Å²) in [5, 5.41) is 4.76. The Hall–Kier alpha value is -2.14. The second-order valence-corrected chi connectivity index (χ2v) is 6.86. The van der Waals surface area contributed by atoms with E-state index >= 15 is 0 Å². The molecule has 1 aliphatic carbocycles. The maximum atomic E-state index is 13.1. The number of amides is 1. The van der Waals surface area contributed by atoms with Crippen LogP contribution in [-0.4, -0.2) is 39.7 Å². The van der Waals surface area contributed by atoms with E-state index in [9.17, 15) is 4.79 Å². The lowest BCUT2D eigenvalue weighted by molar-refractivity contribution is 0.0733. The minimum Gasteiger partial charge on any atom is -0.333 e.